The van der Waals surface area contributed by atoms with Crippen molar-refractivity contribution in [2.45, 2.75) is 38.3 Å². The van der Waals surface area contributed by atoms with Crippen LogP contribution in [0.2, 0.25) is 0 Å². The molecule has 4 N–H and O–H groups in total. The Hall–Kier alpha value is -0.160. The monoisotopic (exact) mass is 176 g/mol. The Morgan fingerprint density at radius 2 is 0.917 bits per heavy atom. The molecule has 1 rings (SSSR count). The lowest BCUT2D eigenvalue weighted by Gasteiger charge is -2.41. The Balaban J connectivity index is 2.76. The Morgan fingerprint density at radius 1 is 0.583 bits per heavy atom. The molecule has 4 nitrogen and oxygen atoms in total. The highest BCUT2D eigenvalue weighted by molar-refractivity contribution is 4.94. The van der Waals surface area contributed by atoms with Crippen LogP contribution in [0.15, 0.2) is 0 Å². The van der Waals surface area contributed by atoms with Crippen molar-refractivity contribution in [2.75, 3.05) is 0 Å². The van der Waals surface area contributed by atoms with Crippen molar-refractivity contribution in [2.24, 2.45) is 11.8 Å². The summed E-state index contributed by atoms with van der Waals surface area (Å²) in [6.07, 6.45) is -3.96. The molecule has 0 heterocycles. The molecule has 2 unspecified atom stereocenters. The molecule has 4 heteroatoms. The van der Waals surface area contributed by atoms with Crippen LogP contribution in [-0.4, -0.2) is 44.8 Å². The van der Waals surface area contributed by atoms with Gasteiger partial charge in [-0.05, 0) is 0 Å². The second-order valence-electron chi connectivity index (χ2n) is 3.68. The highest BCUT2D eigenvalue weighted by Crippen LogP contribution is 2.29. The zero-order chi connectivity index (χ0) is 9.46. The lowest BCUT2D eigenvalue weighted by atomic mass is 9.75. The molecular weight excluding hydrogens is 160 g/mol. The van der Waals surface area contributed by atoms with E-state index in [0.29, 0.717) is 0 Å². The molecule has 0 amide bonds. The highest BCUT2D eigenvalue weighted by Gasteiger charge is 2.44. The molecule has 12 heavy (non-hydrogen) atoms. The first-order valence-corrected chi connectivity index (χ1v) is 4.19. The zero-order valence-electron chi connectivity index (χ0n) is 7.25. The summed E-state index contributed by atoms with van der Waals surface area (Å²) < 4.78 is 0. The predicted molar refractivity (Wildman–Crippen MR) is 42.4 cm³/mol. The van der Waals surface area contributed by atoms with Crippen molar-refractivity contribution < 1.29 is 20.4 Å². The summed E-state index contributed by atoms with van der Waals surface area (Å²) in [5.74, 6) is -0.781. The van der Waals surface area contributed by atoms with E-state index < -0.39 is 36.3 Å². The van der Waals surface area contributed by atoms with E-state index in [-0.39, 0.29) is 0 Å². The van der Waals surface area contributed by atoms with Crippen LogP contribution < -0.4 is 0 Å². The quantitative estimate of drug-likeness (QED) is 0.370. The molecule has 6 atom stereocenters. The molecule has 1 aliphatic rings. The molecule has 72 valence electrons. The first kappa shape index (κ1) is 9.92. The van der Waals surface area contributed by atoms with Crippen molar-refractivity contribution in [3.05, 3.63) is 0 Å². The summed E-state index contributed by atoms with van der Waals surface area (Å²) in [4.78, 5) is 0. The summed E-state index contributed by atoms with van der Waals surface area (Å²) >= 11 is 0. The maximum atomic E-state index is 9.47. The van der Waals surface area contributed by atoms with Gasteiger partial charge in [0.25, 0.3) is 0 Å². The minimum atomic E-state index is -1.14. The summed E-state index contributed by atoms with van der Waals surface area (Å²) in [5, 5.41) is 37.4. The third-order valence-corrected chi connectivity index (χ3v) is 2.85. The molecule has 0 aromatic rings. The lowest BCUT2D eigenvalue weighted by molar-refractivity contribution is -0.172. The Morgan fingerprint density at radius 3 is 1.25 bits per heavy atom. The molecule has 0 saturated heterocycles. The van der Waals surface area contributed by atoms with Gasteiger partial charge in [-0.15, -0.1) is 0 Å². The summed E-state index contributed by atoms with van der Waals surface area (Å²) in [6, 6.07) is 0. The molecule has 0 aromatic heterocycles. The van der Waals surface area contributed by atoms with E-state index >= 15 is 0 Å². The normalized spacial score (nSPS) is 55.5. The largest absolute Gasteiger partial charge is 0.392 e. The van der Waals surface area contributed by atoms with Gasteiger partial charge in [-0.2, -0.15) is 0 Å². The SMILES string of the molecule is C[C@@H]1C(O)[C@H](C)[C@@H](O)C(O)[C@H]1O. The van der Waals surface area contributed by atoms with Gasteiger partial charge in [0.2, 0.25) is 0 Å². The minimum absolute atomic E-state index is 0.390. The summed E-state index contributed by atoms with van der Waals surface area (Å²) in [5.41, 5.74) is 0. The first-order valence-electron chi connectivity index (χ1n) is 4.19. The fourth-order valence-corrected chi connectivity index (χ4v) is 1.71. The van der Waals surface area contributed by atoms with Crippen LogP contribution in [0.25, 0.3) is 0 Å². The number of aliphatic hydroxyl groups excluding tert-OH is 4. The smallest absolute Gasteiger partial charge is 0.106 e. The average molecular weight is 176 g/mol. The van der Waals surface area contributed by atoms with Crippen molar-refractivity contribution in [1.29, 1.82) is 0 Å². The van der Waals surface area contributed by atoms with E-state index in [2.05, 4.69) is 0 Å². The van der Waals surface area contributed by atoms with Gasteiger partial charge in [-0.3, -0.25) is 0 Å². The topological polar surface area (TPSA) is 80.9 Å². The second kappa shape index (κ2) is 3.30. The third kappa shape index (κ3) is 1.35. The first-order chi connectivity index (χ1) is 5.46. The molecule has 0 spiro atoms. The molecule has 0 radical (unpaired) electrons. The van der Waals surface area contributed by atoms with Crippen LogP contribution >= 0.6 is 0 Å². The molecule has 0 aliphatic heterocycles. The summed E-state index contributed by atoms with van der Waals surface area (Å²) in [7, 11) is 0. The molecule has 0 bridgehead atoms. The van der Waals surface area contributed by atoms with Gasteiger partial charge in [-0.25, -0.2) is 0 Å². The molecule has 0 aromatic carbocycles. The van der Waals surface area contributed by atoms with E-state index in [4.69, 9.17) is 0 Å². The van der Waals surface area contributed by atoms with Crippen LogP contribution in [0.4, 0.5) is 0 Å². The Labute approximate surface area is 71.5 Å². The van der Waals surface area contributed by atoms with Gasteiger partial charge in [0, 0.05) is 11.8 Å². The molecule has 1 aliphatic carbocycles. The van der Waals surface area contributed by atoms with E-state index in [0.717, 1.165) is 0 Å². The molecule has 1 fully saturated rings. The van der Waals surface area contributed by atoms with Crippen LogP contribution in [-0.2, 0) is 0 Å². The third-order valence-electron chi connectivity index (χ3n) is 2.85. The number of aliphatic hydroxyl groups is 4. The molecule has 1 saturated carbocycles. The fraction of sp³-hybridized carbons (Fsp3) is 1.00. The average Bonchev–Trinajstić information content (AvgIpc) is 2.08. The number of rotatable bonds is 0. The van der Waals surface area contributed by atoms with Gasteiger partial charge in [-0.1, -0.05) is 13.8 Å². The standard InChI is InChI=1S/C8H16O4/c1-3-5(9)4(2)7(11)8(12)6(3)10/h3-12H,1-2H3/t3-,4+,5?,6+,7-,8?. The minimum Gasteiger partial charge on any atom is -0.392 e. The van der Waals surface area contributed by atoms with Crippen LogP contribution in [0, 0.1) is 11.8 Å². The number of hydrogen-bond donors (Lipinski definition) is 4. The van der Waals surface area contributed by atoms with Gasteiger partial charge in [0.15, 0.2) is 0 Å². The maximum Gasteiger partial charge on any atom is 0.106 e. The van der Waals surface area contributed by atoms with E-state index in [1.54, 1.807) is 13.8 Å². The van der Waals surface area contributed by atoms with Crippen LogP contribution in [0.3, 0.4) is 0 Å². The van der Waals surface area contributed by atoms with Crippen molar-refractivity contribution in [3.63, 3.8) is 0 Å². The van der Waals surface area contributed by atoms with Crippen molar-refractivity contribution in [1.82, 2.24) is 0 Å². The maximum absolute atomic E-state index is 9.47. The Bertz CT molecular complexity index is 103. The molecular formula is C8H16O4. The van der Waals surface area contributed by atoms with Crippen molar-refractivity contribution in [3.8, 4) is 0 Å². The fourth-order valence-electron chi connectivity index (χ4n) is 1.71. The number of hydrogen-bond acceptors (Lipinski definition) is 4. The Kier molecular flexibility index (Phi) is 2.73. The van der Waals surface area contributed by atoms with Gasteiger partial charge in [0.1, 0.15) is 6.10 Å². The van der Waals surface area contributed by atoms with Crippen molar-refractivity contribution >= 4 is 0 Å². The van der Waals surface area contributed by atoms with Gasteiger partial charge < -0.3 is 20.4 Å². The second-order valence-corrected chi connectivity index (χ2v) is 3.68. The van der Waals surface area contributed by atoms with Crippen LogP contribution in [0.5, 0.6) is 0 Å². The van der Waals surface area contributed by atoms with Gasteiger partial charge in [0.05, 0.1) is 18.3 Å². The van der Waals surface area contributed by atoms with Gasteiger partial charge >= 0.3 is 0 Å². The van der Waals surface area contributed by atoms with Crippen LogP contribution in [0.1, 0.15) is 13.8 Å². The highest BCUT2D eigenvalue weighted by atomic mass is 16.4. The zero-order valence-corrected chi connectivity index (χ0v) is 7.25. The van der Waals surface area contributed by atoms with E-state index in [1.165, 1.54) is 0 Å². The van der Waals surface area contributed by atoms with E-state index in [9.17, 15) is 20.4 Å². The summed E-state index contributed by atoms with van der Waals surface area (Å²) in [6.45, 7) is 3.31. The van der Waals surface area contributed by atoms with E-state index in [1.807, 2.05) is 0 Å². The predicted octanol–water partition coefficient (Wildman–Crippen LogP) is -1.28. The lowest BCUT2D eigenvalue weighted by Crippen LogP contribution is -2.56.